The molecule has 1 amide bonds. The Hall–Kier alpha value is -0.220. The smallest absolute Gasteiger partial charge is 0.223 e. The molecule has 0 aliphatic carbocycles. The second-order valence-electron chi connectivity index (χ2n) is 3.07. The molecule has 13 heavy (non-hydrogen) atoms. The normalized spacial score (nSPS) is 10.1. The van der Waals surface area contributed by atoms with E-state index >= 15 is 0 Å². The third-order valence-electron chi connectivity index (χ3n) is 1.90. The van der Waals surface area contributed by atoms with Crippen LogP contribution in [0.3, 0.4) is 0 Å². The predicted octanol–water partition coefficient (Wildman–Crippen LogP) is 0.927. The Balaban J connectivity index is 3.38. The van der Waals surface area contributed by atoms with Gasteiger partial charge < -0.3 is 10.0 Å². The Kier molecular flexibility index (Phi) is 8.24. The molecule has 0 spiro atoms. The molecule has 4 heteroatoms. The molecule has 0 aromatic carbocycles. The molecule has 0 radical (unpaired) electrons. The fourth-order valence-electron chi connectivity index (χ4n) is 1.05. The van der Waals surface area contributed by atoms with Gasteiger partial charge in [-0.3, -0.25) is 4.79 Å². The summed E-state index contributed by atoms with van der Waals surface area (Å²) in [4.78, 5) is 13.0. The highest BCUT2D eigenvalue weighted by molar-refractivity contribution is 7.80. The molecule has 0 bridgehead atoms. The minimum atomic E-state index is 0.152. The Labute approximate surface area is 85.5 Å². The van der Waals surface area contributed by atoms with Gasteiger partial charge in [-0.1, -0.05) is 0 Å². The van der Waals surface area contributed by atoms with Crippen LogP contribution in [0.4, 0.5) is 0 Å². The average molecular weight is 205 g/mol. The van der Waals surface area contributed by atoms with Crippen molar-refractivity contribution in [3.8, 4) is 0 Å². The number of nitrogens with zero attached hydrogens (tertiary/aromatic N) is 1. The molecule has 0 saturated heterocycles. The Bertz CT molecular complexity index is 142. The summed E-state index contributed by atoms with van der Waals surface area (Å²) in [5, 5.41) is 8.53. The second kappa shape index (κ2) is 8.38. The van der Waals surface area contributed by atoms with E-state index in [9.17, 15) is 4.79 Å². The number of amides is 1. The van der Waals surface area contributed by atoms with Gasteiger partial charge in [0.05, 0.1) is 0 Å². The molecule has 0 rings (SSSR count). The molecule has 0 atom stereocenters. The van der Waals surface area contributed by atoms with E-state index in [2.05, 4.69) is 12.6 Å². The zero-order valence-electron chi connectivity index (χ0n) is 8.20. The van der Waals surface area contributed by atoms with Crippen molar-refractivity contribution in [1.29, 1.82) is 0 Å². The third-order valence-corrected chi connectivity index (χ3v) is 2.13. The van der Waals surface area contributed by atoms with E-state index in [-0.39, 0.29) is 12.5 Å². The van der Waals surface area contributed by atoms with Crippen LogP contribution in [0.5, 0.6) is 0 Å². The monoisotopic (exact) mass is 205 g/mol. The lowest BCUT2D eigenvalue weighted by Crippen LogP contribution is -2.27. The van der Waals surface area contributed by atoms with E-state index in [0.717, 1.165) is 25.8 Å². The van der Waals surface area contributed by atoms with E-state index < -0.39 is 0 Å². The number of thiol groups is 1. The maximum absolute atomic E-state index is 11.2. The highest BCUT2D eigenvalue weighted by Gasteiger charge is 2.05. The first-order chi connectivity index (χ1) is 6.22. The standard InChI is InChI=1S/C9H19NO2S/c1-10(9(12)5-8-13)6-3-2-4-7-11/h11,13H,2-8H2,1H3. The SMILES string of the molecule is CN(CCCCCO)C(=O)CCS. The first-order valence-corrected chi connectivity index (χ1v) is 5.31. The van der Waals surface area contributed by atoms with Crippen LogP contribution in [0.25, 0.3) is 0 Å². The minimum absolute atomic E-state index is 0.152. The van der Waals surface area contributed by atoms with Crippen LogP contribution < -0.4 is 0 Å². The van der Waals surface area contributed by atoms with Crippen molar-refractivity contribution in [3.05, 3.63) is 0 Å². The van der Waals surface area contributed by atoms with Crippen LogP contribution in [-0.2, 0) is 4.79 Å². The highest BCUT2D eigenvalue weighted by Crippen LogP contribution is 1.99. The fourth-order valence-corrected chi connectivity index (χ4v) is 1.24. The van der Waals surface area contributed by atoms with Gasteiger partial charge in [-0.15, -0.1) is 0 Å². The van der Waals surface area contributed by atoms with Gasteiger partial charge in [-0.25, -0.2) is 0 Å². The number of aliphatic hydroxyl groups excluding tert-OH is 1. The van der Waals surface area contributed by atoms with Crippen molar-refractivity contribution < 1.29 is 9.90 Å². The van der Waals surface area contributed by atoms with E-state index in [1.807, 2.05) is 7.05 Å². The maximum Gasteiger partial charge on any atom is 0.223 e. The number of hydrogen-bond donors (Lipinski definition) is 2. The number of rotatable bonds is 7. The Morgan fingerprint density at radius 3 is 2.62 bits per heavy atom. The number of carbonyl (C=O) groups excluding carboxylic acids is 1. The van der Waals surface area contributed by atoms with Gasteiger partial charge in [-0.05, 0) is 25.0 Å². The Morgan fingerprint density at radius 2 is 2.08 bits per heavy atom. The van der Waals surface area contributed by atoms with E-state index in [4.69, 9.17) is 5.11 Å². The summed E-state index contributed by atoms with van der Waals surface area (Å²) in [7, 11) is 1.81. The van der Waals surface area contributed by atoms with Crippen molar-refractivity contribution in [1.82, 2.24) is 4.90 Å². The van der Waals surface area contributed by atoms with Gasteiger partial charge in [0, 0.05) is 26.6 Å². The van der Waals surface area contributed by atoms with Gasteiger partial charge in [0.1, 0.15) is 0 Å². The molecule has 1 N–H and O–H groups in total. The lowest BCUT2D eigenvalue weighted by atomic mass is 10.2. The van der Waals surface area contributed by atoms with Gasteiger partial charge >= 0.3 is 0 Å². The number of aliphatic hydroxyl groups is 1. The summed E-state index contributed by atoms with van der Waals surface area (Å²) in [6.07, 6.45) is 3.29. The quantitative estimate of drug-likeness (QED) is 0.479. The van der Waals surface area contributed by atoms with Crippen molar-refractivity contribution in [2.45, 2.75) is 25.7 Å². The second-order valence-corrected chi connectivity index (χ2v) is 3.52. The molecule has 0 aromatic rings. The largest absolute Gasteiger partial charge is 0.396 e. The summed E-state index contributed by atoms with van der Waals surface area (Å²) in [5.74, 6) is 0.763. The zero-order chi connectivity index (χ0) is 10.1. The molecule has 0 aliphatic rings. The lowest BCUT2D eigenvalue weighted by Gasteiger charge is -2.16. The van der Waals surface area contributed by atoms with Crippen LogP contribution in [0.15, 0.2) is 0 Å². The molecule has 0 unspecified atom stereocenters. The first-order valence-electron chi connectivity index (χ1n) is 4.68. The predicted molar refractivity (Wildman–Crippen MR) is 57.0 cm³/mol. The first kappa shape index (κ1) is 12.8. The van der Waals surface area contributed by atoms with E-state index in [0.29, 0.717) is 12.2 Å². The molecular weight excluding hydrogens is 186 g/mol. The van der Waals surface area contributed by atoms with Crippen LogP contribution >= 0.6 is 12.6 Å². The average Bonchev–Trinajstić information content (AvgIpc) is 2.12. The maximum atomic E-state index is 11.2. The summed E-state index contributed by atoms with van der Waals surface area (Å²) in [6.45, 7) is 1.03. The molecule has 0 heterocycles. The summed E-state index contributed by atoms with van der Waals surface area (Å²) >= 11 is 4.00. The number of carbonyl (C=O) groups is 1. The van der Waals surface area contributed by atoms with Crippen molar-refractivity contribution in [3.63, 3.8) is 0 Å². The van der Waals surface area contributed by atoms with Crippen molar-refractivity contribution in [2.24, 2.45) is 0 Å². The lowest BCUT2D eigenvalue weighted by molar-refractivity contribution is -0.129. The fraction of sp³-hybridized carbons (Fsp3) is 0.889. The minimum Gasteiger partial charge on any atom is -0.396 e. The van der Waals surface area contributed by atoms with Gasteiger partial charge in [0.25, 0.3) is 0 Å². The topological polar surface area (TPSA) is 40.5 Å². The summed E-state index contributed by atoms with van der Waals surface area (Å²) in [6, 6.07) is 0. The molecular formula is C9H19NO2S. The van der Waals surface area contributed by atoms with E-state index in [1.54, 1.807) is 4.90 Å². The van der Waals surface area contributed by atoms with Crippen LogP contribution in [-0.4, -0.2) is 41.9 Å². The molecule has 78 valence electrons. The van der Waals surface area contributed by atoms with Gasteiger partial charge in [0.15, 0.2) is 0 Å². The molecule has 0 saturated carbocycles. The molecule has 0 aliphatic heterocycles. The number of hydrogen-bond acceptors (Lipinski definition) is 3. The molecule has 3 nitrogen and oxygen atoms in total. The van der Waals surface area contributed by atoms with E-state index in [1.165, 1.54) is 0 Å². The van der Waals surface area contributed by atoms with Crippen molar-refractivity contribution >= 4 is 18.5 Å². The van der Waals surface area contributed by atoms with Crippen LogP contribution in [0, 0.1) is 0 Å². The van der Waals surface area contributed by atoms with Crippen LogP contribution in [0.1, 0.15) is 25.7 Å². The number of unbranched alkanes of at least 4 members (excludes halogenated alkanes) is 2. The van der Waals surface area contributed by atoms with Crippen LogP contribution in [0.2, 0.25) is 0 Å². The zero-order valence-corrected chi connectivity index (χ0v) is 9.09. The summed E-state index contributed by atoms with van der Waals surface area (Å²) in [5.41, 5.74) is 0. The Morgan fingerprint density at radius 1 is 1.38 bits per heavy atom. The van der Waals surface area contributed by atoms with Gasteiger partial charge in [-0.2, -0.15) is 12.6 Å². The highest BCUT2D eigenvalue weighted by atomic mass is 32.1. The molecule has 0 fully saturated rings. The summed E-state index contributed by atoms with van der Waals surface area (Å²) < 4.78 is 0. The third kappa shape index (κ3) is 6.90. The molecule has 0 aromatic heterocycles. The van der Waals surface area contributed by atoms with Crippen molar-refractivity contribution in [2.75, 3.05) is 26.0 Å². The van der Waals surface area contributed by atoms with Gasteiger partial charge in [0.2, 0.25) is 5.91 Å².